The zero-order valence-electron chi connectivity index (χ0n) is 12.5. The molecule has 0 unspecified atom stereocenters. The van der Waals surface area contributed by atoms with Crippen LogP contribution in [0.15, 0.2) is 22.8 Å². The second-order valence-corrected chi connectivity index (χ2v) is 4.10. The predicted octanol–water partition coefficient (Wildman–Crippen LogP) is 3.64. The van der Waals surface area contributed by atoms with Crippen LogP contribution < -0.4 is 0 Å². The van der Waals surface area contributed by atoms with Gasteiger partial charge in [0.2, 0.25) is 0 Å². The Morgan fingerprint density at radius 1 is 1.05 bits per heavy atom. The number of carbonyl (C=O) groups excluding carboxylic acids is 1. The molecule has 1 aromatic rings. The average Bonchev–Trinajstić information content (AvgIpc) is 3.00. The van der Waals surface area contributed by atoms with Gasteiger partial charge in [-0.15, -0.1) is 0 Å². The molecule has 5 nitrogen and oxygen atoms in total. The summed E-state index contributed by atoms with van der Waals surface area (Å²) >= 11 is 0. The van der Waals surface area contributed by atoms with Crippen LogP contribution in [-0.2, 0) is 14.2 Å². The van der Waals surface area contributed by atoms with E-state index in [1.807, 2.05) is 0 Å². The smallest absolute Gasteiger partial charge is 0.185 e. The molecular formula is C15H26O5. The van der Waals surface area contributed by atoms with Crippen molar-refractivity contribution in [3.8, 4) is 0 Å². The van der Waals surface area contributed by atoms with Gasteiger partial charge in [-0.05, 0) is 25.0 Å². The Bertz CT molecular complexity index is 274. The number of rotatable bonds is 11. The molecule has 0 aliphatic heterocycles. The van der Waals surface area contributed by atoms with E-state index < -0.39 is 0 Å². The first-order valence-corrected chi connectivity index (χ1v) is 7.07. The summed E-state index contributed by atoms with van der Waals surface area (Å²) in [7, 11) is 0. The van der Waals surface area contributed by atoms with E-state index in [0.717, 1.165) is 38.9 Å². The number of carbonyl (C=O) groups is 1. The molecule has 1 aromatic heterocycles. The van der Waals surface area contributed by atoms with E-state index in [0.29, 0.717) is 25.6 Å². The predicted molar refractivity (Wildman–Crippen MR) is 76.6 cm³/mol. The molecule has 0 saturated heterocycles. The molecule has 0 radical (unpaired) electrons. The minimum absolute atomic E-state index is 0.353. The van der Waals surface area contributed by atoms with Gasteiger partial charge in [0.15, 0.2) is 12.0 Å². The van der Waals surface area contributed by atoms with Gasteiger partial charge in [0.05, 0.1) is 6.26 Å². The number of hydrogen-bond donors (Lipinski definition) is 0. The van der Waals surface area contributed by atoms with Crippen LogP contribution in [0.5, 0.6) is 0 Å². The third-order valence-electron chi connectivity index (χ3n) is 2.28. The number of ether oxygens (including phenoxy) is 3. The minimum Gasteiger partial charge on any atom is -0.462 e. The Balaban J connectivity index is 0.000000428. The zero-order valence-corrected chi connectivity index (χ0v) is 12.5. The van der Waals surface area contributed by atoms with Crippen molar-refractivity contribution in [2.75, 3.05) is 26.8 Å². The van der Waals surface area contributed by atoms with Crippen LogP contribution in [-0.4, -0.2) is 33.1 Å². The SMILES string of the molecule is CCCCOCOCOCCCC.O=Cc1ccco1. The number of furan rings is 1. The lowest BCUT2D eigenvalue weighted by Crippen LogP contribution is -2.06. The largest absolute Gasteiger partial charge is 0.462 e. The molecule has 1 rings (SSSR count). The number of unbranched alkanes of at least 4 members (excludes halogenated alkanes) is 2. The Morgan fingerprint density at radius 2 is 1.65 bits per heavy atom. The van der Waals surface area contributed by atoms with Gasteiger partial charge in [-0.2, -0.15) is 0 Å². The maximum absolute atomic E-state index is 9.77. The van der Waals surface area contributed by atoms with E-state index in [-0.39, 0.29) is 0 Å². The van der Waals surface area contributed by atoms with E-state index in [9.17, 15) is 4.79 Å². The van der Waals surface area contributed by atoms with Crippen molar-refractivity contribution in [2.45, 2.75) is 39.5 Å². The van der Waals surface area contributed by atoms with Crippen molar-refractivity contribution in [1.82, 2.24) is 0 Å². The lowest BCUT2D eigenvalue weighted by atomic mass is 10.4. The molecule has 1 heterocycles. The van der Waals surface area contributed by atoms with E-state index in [1.54, 1.807) is 12.1 Å². The summed E-state index contributed by atoms with van der Waals surface area (Å²) in [5.74, 6) is 0.375. The fourth-order valence-corrected chi connectivity index (χ4v) is 1.12. The van der Waals surface area contributed by atoms with Crippen LogP contribution in [0.4, 0.5) is 0 Å². The summed E-state index contributed by atoms with van der Waals surface area (Å²) in [6.07, 6.45) is 6.64. The van der Waals surface area contributed by atoms with Gasteiger partial charge in [0.25, 0.3) is 0 Å². The van der Waals surface area contributed by atoms with Crippen LogP contribution >= 0.6 is 0 Å². The molecule has 0 aliphatic rings. The molecular weight excluding hydrogens is 260 g/mol. The van der Waals surface area contributed by atoms with Crippen LogP contribution in [0.2, 0.25) is 0 Å². The number of aldehydes is 1. The van der Waals surface area contributed by atoms with Gasteiger partial charge in [0, 0.05) is 13.2 Å². The summed E-state index contributed by atoms with van der Waals surface area (Å²) in [5, 5.41) is 0. The summed E-state index contributed by atoms with van der Waals surface area (Å²) in [6, 6.07) is 3.27. The Morgan fingerprint density at radius 3 is 2.00 bits per heavy atom. The summed E-state index contributed by atoms with van der Waals surface area (Å²) in [6.45, 7) is 6.55. The van der Waals surface area contributed by atoms with Crippen LogP contribution in [0.3, 0.4) is 0 Å². The first-order valence-electron chi connectivity index (χ1n) is 7.07. The average molecular weight is 286 g/mol. The van der Waals surface area contributed by atoms with Crippen molar-refractivity contribution < 1.29 is 23.4 Å². The van der Waals surface area contributed by atoms with Gasteiger partial charge in [-0.3, -0.25) is 4.79 Å². The lowest BCUT2D eigenvalue weighted by Gasteiger charge is -2.05. The molecule has 20 heavy (non-hydrogen) atoms. The van der Waals surface area contributed by atoms with E-state index in [2.05, 4.69) is 18.3 Å². The summed E-state index contributed by atoms with van der Waals surface area (Å²) in [5.41, 5.74) is 0. The van der Waals surface area contributed by atoms with Crippen molar-refractivity contribution in [3.05, 3.63) is 24.2 Å². The minimum atomic E-state index is 0.353. The molecule has 0 aliphatic carbocycles. The van der Waals surface area contributed by atoms with E-state index >= 15 is 0 Å². The Hall–Kier alpha value is -1.17. The highest BCUT2D eigenvalue weighted by atomic mass is 16.7. The van der Waals surface area contributed by atoms with E-state index in [4.69, 9.17) is 14.2 Å². The fourth-order valence-electron chi connectivity index (χ4n) is 1.12. The van der Waals surface area contributed by atoms with Crippen molar-refractivity contribution in [3.63, 3.8) is 0 Å². The first kappa shape index (κ1) is 18.8. The van der Waals surface area contributed by atoms with Gasteiger partial charge < -0.3 is 18.6 Å². The quantitative estimate of drug-likeness (QED) is 0.353. The highest BCUT2D eigenvalue weighted by Crippen LogP contribution is 1.93. The third kappa shape index (κ3) is 13.3. The van der Waals surface area contributed by atoms with Gasteiger partial charge in [-0.1, -0.05) is 26.7 Å². The highest BCUT2D eigenvalue weighted by Gasteiger charge is 1.89. The molecule has 0 spiro atoms. The van der Waals surface area contributed by atoms with Crippen LogP contribution in [0.25, 0.3) is 0 Å². The zero-order chi connectivity index (χ0) is 14.9. The summed E-state index contributed by atoms with van der Waals surface area (Å²) in [4.78, 5) is 9.77. The normalized spacial score (nSPS) is 9.90. The molecule has 0 aromatic carbocycles. The molecule has 0 bridgehead atoms. The molecule has 0 amide bonds. The Kier molecular flexibility index (Phi) is 15.0. The monoisotopic (exact) mass is 286 g/mol. The van der Waals surface area contributed by atoms with Crippen molar-refractivity contribution >= 4 is 6.29 Å². The van der Waals surface area contributed by atoms with Gasteiger partial charge in [-0.25, -0.2) is 0 Å². The van der Waals surface area contributed by atoms with Gasteiger partial charge >= 0.3 is 0 Å². The Labute approximate surface area is 121 Å². The fraction of sp³-hybridized carbons (Fsp3) is 0.667. The second kappa shape index (κ2) is 15.9. The molecule has 116 valence electrons. The van der Waals surface area contributed by atoms with Gasteiger partial charge in [0.1, 0.15) is 13.6 Å². The molecule has 0 saturated carbocycles. The van der Waals surface area contributed by atoms with Crippen LogP contribution in [0.1, 0.15) is 50.1 Å². The highest BCUT2D eigenvalue weighted by molar-refractivity contribution is 5.69. The molecule has 0 fully saturated rings. The van der Waals surface area contributed by atoms with Crippen molar-refractivity contribution in [2.24, 2.45) is 0 Å². The van der Waals surface area contributed by atoms with Crippen LogP contribution in [0, 0.1) is 0 Å². The summed E-state index contributed by atoms with van der Waals surface area (Å²) < 4.78 is 20.1. The van der Waals surface area contributed by atoms with Crippen molar-refractivity contribution in [1.29, 1.82) is 0 Å². The molecule has 0 atom stereocenters. The molecule has 5 heteroatoms. The lowest BCUT2D eigenvalue weighted by molar-refractivity contribution is -0.131. The second-order valence-electron chi connectivity index (χ2n) is 4.10. The van der Waals surface area contributed by atoms with E-state index in [1.165, 1.54) is 6.26 Å². The first-order chi connectivity index (χ1) is 9.85. The third-order valence-corrected chi connectivity index (χ3v) is 2.28. The maximum Gasteiger partial charge on any atom is 0.185 e. The maximum atomic E-state index is 9.77. The molecule has 0 N–H and O–H groups in total. The topological polar surface area (TPSA) is 57.9 Å². The number of hydrogen-bond acceptors (Lipinski definition) is 5. The standard InChI is InChI=1S/C10H22O3.C5H4O2/c1-3-5-7-11-9-13-10-12-8-6-4-2;6-4-5-2-1-3-7-5/h3-10H2,1-2H3;1-4H.